The number of urea groups is 1. The van der Waals surface area contributed by atoms with Crippen LogP contribution in [0.15, 0.2) is 41.2 Å². The van der Waals surface area contributed by atoms with E-state index in [-0.39, 0.29) is 12.5 Å². The van der Waals surface area contributed by atoms with Crippen LogP contribution in [0.2, 0.25) is 0 Å². The lowest BCUT2D eigenvalue weighted by atomic mass is 10.2. The molecule has 1 aliphatic heterocycles. The molecule has 0 bridgehead atoms. The number of fused-ring (bicyclic) bond motifs is 2. The lowest BCUT2D eigenvalue weighted by Crippen LogP contribution is -2.19. The summed E-state index contributed by atoms with van der Waals surface area (Å²) in [5.74, 6) is 1.24. The highest BCUT2D eigenvalue weighted by atomic mass is 16.7. The zero-order valence-electron chi connectivity index (χ0n) is 11.8. The summed E-state index contributed by atoms with van der Waals surface area (Å²) in [6.45, 7) is 0.180. The third kappa shape index (κ3) is 2.57. The predicted octanol–water partition coefficient (Wildman–Crippen LogP) is 2.23. The molecule has 3 aromatic rings. The standard InChI is InChI=1S/C15H12N4O4/c20-14(17-9-2-4-12-13(6-9)23-7-22-12)16-8-1-3-10-11(5-8)19-15(21)18-10/h1-6H,7H2,(H2,16,17,20)(H2,18,19,21). The maximum atomic E-state index is 12.0. The molecule has 2 amide bonds. The number of hydrogen-bond donors (Lipinski definition) is 4. The van der Waals surface area contributed by atoms with Gasteiger partial charge < -0.3 is 30.1 Å². The molecule has 2 aromatic carbocycles. The third-order valence-corrected chi connectivity index (χ3v) is 3.40. The quantitative estimate of drug-likeness (QED) is 0.582. The van der Waals surface area contributed by atoms with Gasteiger partial charge in [-0.05, 0) is 30.3 Å². The largest absolute Gasteiger partial charge is 0.454 e. The Labute approximate surface area is 129 Å². The van der Waals surface area contributed by atoms with Gasteiger partial charge in [0, 0.05) is 17.4 Å². The lowest BCUT2D eigenvalue weighted by molar-refractivity contribution is 0.174. The van der Waals surface area contributed by atoms with Crippen molar-refractivity contribution >= 4 is 28.4 Å². The molecule has 0 atom stereocenters. The van der Waals surface area contributed by atoms with Gasteiger partial charge >= 0.3 is 11.7 Å². The smallest absolute Gasteiger partial charge is 0.323 e. The second-order valence-corrected chi connectivity index (χ2v) is 4.99. The van der Waals surface area contributed by atoms with E-state index < -0.39 is 6.03 Å². The number of aromatic nitrogens is 2. The number of rotatable bonds is 2. The third-order valence-electron chi connectivity index (χ3n) is 3.40. The Morgan fingerprint density at radius 3 is 2.48 bits per heavy atom. The minimum Gasteiger partial charge on any atom is -0.454 e. The van der Waals surface area contributed by atoms with Crippen molar-refractivity contribution < 1.29 is 14.3 Å². The Balaban J connectivity index is 1.49. The Hall–Kier alpha value is -3.42. The lowest BCUT2D eigenvalue weighted by Gasteiger charge is -2.08. The zero-order valence-corrected chi connectivity index (χ0v) is 11.8. The maximum absolute atomic E-state index is 12.0. The molecule has 4 rings (SSSR count). The first-order valence-electron chi connectivity index (χ1n) is 6.87. The molecule has 0 unspecified atom stereocenters. The van der Waals surface area contributed by atoms with E-state index in [1.54, 1.807) is 36.4 Å². The van der Waals surface area contributed by atoms with Crippen LogP contribution in [0.1, 0.15) is 0 Å². The molecule has 1 aromatic heterocycles. The fourth-order valence-electron chi connectivity index (χ4n) is 2.38. The van der Waals surface area contributed by atoms with Crippen LogP contribution in [0.25, 0.3) is 11.0 Å². The number of imidazole rings is 1. The number of hydrogen-bond acceptors (Lipinski definition) is 4. The van der Waals surface area contributed by atoms with Crippen molar-refractivity contribution in [2.45, 2.75) is 0 Å². The molecule has 0 saturated carbocycles. The van der Waals surface area contributed by atoms with Crippen LogP contribution in [0, 0.1) is 0 Å². The van der Waals surface area contributed by atoms with E-state index in [4.69, 9.17) is 9.47 Å². The summed E-state index contributed by atoms with van der Waals surface area (Å²) in [7, 11) is 0. The Kier molecular flexibility index (Phi) is 2.94. The van der Waals surface area contributed by atoms with E-state index in [1.807, 2.05) is 0 Å². The molecule has 116 valence electrons. The molecule has 8 heteroatoms. The number of nitrogens with one attached hydrogen (secondary N) is 4. The number of carbonyl (C=O) groups is 1. The van der Waals surface area contributed by atoms with Gasteiger partial charge in [-0.15, -0.1) is 0 Å². The van der Waals surface area contributed by atoms with Crippen molar-refractivity contribution in [3.63, 3.8) is 0 Å². The molecular formula is C15H12N4O4. The number of carbonyl (C=O) groups excluding carboxylic acids is 1. The maximum Gasteiger partial charge on any atom is 0.323 e. The van der Waals surface area contributed by atoms with Crippen molar-refractivity contribution in [1.29, 1.82) is 0 Å². The van der Waals surface area contributed by atoms with Crippen LogP contribution in [0.5, 0.6) is 11.5 Å². The van der Waals surface area contributed by atoms with Crippen LogP contribution in [-0.2, 0) is 0 Å². The van der Waals surface area contributed by atoms with Crippen molar-refractivity contribution in [2.75, 3.05) is 17.4 Å². The van der Waals surface area contributed by atoms with Gasteiger partial charge in [-0.1, -0.05) is 0 Å². The molecule has 0 saturated heterocycles. The van der Waals surface area contributed by atoms with Gasteiger partial charge in [0.2, 0.25) is 6.79 Å². The average molecular weight is 312 g/mol. The summed E-state index contributed by atoms with van der Waals surface area (Å²) < 4.78 is 10.5. The van der Waals surface area contributed by atoms with Crippen molar-refractivity contribution in [2.24, 2.45) is 0 Å². The topological polar surface area (TPSA) is 108 Å². The summed E-state index contributed by atoms with van der Waals surface area (Å²) in [5, 5.41) is 5.41. The molecule has 8 nitrogen and oxygen atoms in total. The highest BCUT2D eigenvalue weighted by Crippen LogP contribution is 2.34. The number of anilines is 2. The number of benzene rings is 2. The molecule has 23 heavy (non-hydrogen) atoms. The van der Waals surface area contributed by atoms with Crippen molar-refractivity contribution in [3.05, 3.63) is 46.9 Å². The number of amides is 2. The van der Waals surface area contributed by atoms with Crippen molar-refractivity contribution in [1.82, 2.24) is 9.97 Å². The first-order chi connectivity index (χ1) is 11.2. The van der Waals surface area contributed by atoms with E-state index in [1.165, 1.54) is 0 Å². The minimum atomic E-state index is -0.402. The number of aromatic amines is 2. The van der Waals surface area contributed by atoms with Crippen LogP contribution in [-0.4, -0.2) is 22.8 Å². The fourth-order valence-corrected chi connectivity index (χ4v) is 2.38. The molecular weight excluding hydrogens is 300 g/mol. The SMILES string of the molecule is O=C(Nc1ccc2c(c1)OCO2)Nc1ccc2[nH]c(=O)[nH]c2c1. The van der Waals surface area contributed by atoms with Crippen LogP contribution in [0.4, 0.5) is 16.2 Å². The second-order valence-electron chi connectivity index (χ2n) is 4.99. The number of H-pyrrole nitrogens is 2. The summed E-state index contributed by atoms with van der Waals surface area (Å²) in [5.41, 5.74) is 2.16. The summed E-state index contributed by atoms with van der Waals surface area (Å²) in [6, 6.07) is 9.82. The molecule has 0 radical (unpaired) electrons. The average Bonchev–Trinajstić information content (AvgIpc) is 3.11. The van der Waals surface area contributed by atoms with E-state index in [0.717, 1.165) is 0 Å². The van der Waals surface area contributed by atoms with Gasteiger partial charge in [0.05, 0.1) is 11.0 Å². The number of ether oxygens (including phenoxy) is 2. The van der Waals surface area contributed by atoms with E-state index in [9.17, 15) is 9.59 Å². The Morgan fingerprint density at radius 2 is 1.61 bits per heavy atom. The van der Waals surface area contributed by atoms with Gasteiger partial charge in [-0.2, -0.15) is 0 Å². The molecule has 1 aliphatic rings. The summed E-state index contributed by atoms with van der Waals surface area (Å²) >= 11 is 0. The summed E-state index contributed by atoms with van der Waals surface area (Å²) in [6.07, 6.45) is 0. The van der Waals surface area contributed by atoms with Crippen LogP contribution >= 0.6 is 0 Å². The Morgan fingerprint density at radius 1 is 0.913 bits per heavy atom. The first kappa shape index (κ1) is 13.3. The molecule has 0 spiro atoms. The second kappa shape index (κ2) is 5.09. The van der Waals surface area contributed by atoms with E-state index >= 15 is 0 Å². The Bertz CT molecular complexity index is 960. The minimum absolute atomic E-state index is 0.180. The predicted molar refractivity (Wildman–Crippen MR) is 84.1 cm³/mol. The molecule has 0 fully saturated rings. The van der Waals surface area contributed by atoms with Crippen LogP contribution in [0.3, 0.4) is 0 Å². The van der Waals surface area contributed by atoms with Crippen molar-refractivity contribution in [3.8, 4) is 11.5 Å². The monoisotopic (exact) mass is 312 g/mol. The van der Waals surface area contributed by atoms with Gasteiger partial charge in [-0.3, -0.25) is 0 Å². The van der Waals surface area contributed by atoms with Gasteiger partial charge in [0.25, 0.3) is 0 Å². The van der Waals surface area contributed by atoms with Gasteiger partial charge in [0.1, 0.15) is 0 Å². The van der Waals surface area contributed by atoms with Crippen LogP contribution < -0.4 is 25.8 Å². The normalized spacial score (nSPS) is 12.3. The molecule has 4 N–H and O–H groups in total. The first-order valence-corrected chi connectivity index (χ1v) is 6.87. The summed E-state index contributed by atoms with van der Waals surface area (Å²) in [4.78, 5) is 28.5. The highest BCUT2D eigenvalue weighted by molar-refractivity contribution is 6.00. The van der Waals surface area contributed by atoms with E-state index in [2.05, 4.69) is 20.6 Å². The zero-order chi connectivity index (χ0) is 15.8. The highest BCUT2D eigenvalue weighted by Gasteiger charge is 2.14. The van der Waals surface area contributed by atoms with Gasteiger partial charge in [-0.25, -0.2) is 9.59 Å². The van der Waals surface area contributed by atoms with E-state index in [0.29, 0.717) is 33.9 Å². The molecule has 0 aliphatic carbocycles. The molecule has 2 heterocycles. The van der Waals surface area contributed by atoms with Gasteiger partial charge in [0.15, 0.2) is 11.5 Å². The fraction of sp³-hybridized carbons (Fsp3) is 0.0667.